The molecular weight excluding hydrogens is 318 g/mol. The van der Waals surface area contributed by atoms with Gasteiger partial charge in [0.15, 0.2) is 10.3 Å². The van der Waals surface area contributed by atoms with E-state index in [1.165, 1.54) is 11.8 Å². The summed E-state index contributed by atoms with van der Waals surface area (Å²) in [5.74, 6) is 0.0924. The van der Waals surface area contributed by atoms with Crippen molar-refractivity contribution < 1.29 is 4.79 Å². The highest BCUT2D eigenvalue weighted by Gasteiger charge is 2.07. The van der Waals surface area contributed by atoms with Gasteiger partial charge in [0.05, 0.1) is 16.8 Å². The fourth-order valence-corrected chi connectivity index (χ4v) is 2.56. The normalized spacial score (nSPS) is 10.4. The number of benzene rings is 1. The summed E-state index contributed by atoms with van der Waals surface area (Å²) >= 11 is 6.39. The Kier molecular flexibility index (Phi) is 6.47. The topological polar surface area (TPSA) is 81.8 Å². The molecule has 0 saturated carbocycles. The average molecular weight is 337 g/mol. The van der Waals surface area contributed by atoms with Crippen molar-refractivity contribution >= 4 is 46.0 Å². The molecule has 0 saturated heterocycles. The summed E-state index contributed by atoms with van der Waals surface area (Å²) < 4.78 is 0. The quantitative estimate of drug-likeness (QED) is 0.279. The Bertz CT molecular complexity index is 610. The summed E-state index contributed by atoms with van der Waals surface area (Å²) in [4.78, 5) is 19.3. The zero-order valence-electron chi connectivity index (χ0n) is 12.3. The SMILES string of the molecule is CCCCNC(=S)NNC(=O)CSc1nc2ccccc2[nH]1. The van der Waals surface area contributed by atoms with E-state index < -0.39 is 0 Å². The van der Waals surface area contributed by atoms with Crippen molar-refractivity contribution in [1.82, 2.24) is 26.1 Å². The number of unbranched alkanes of at least 4 members (excludes halogenated alkanes) is 1. The van der Waals surface area contributed by atoms with Gasteiger partial charge in [0.1, 0.15) is 0 Å². The summed E-state index contributed by atoms with van der Waals surface area (Å²) in [6.07, 6.45) is 2.13. The van der Waals surface area contributed by atoms with E-state index in [1.54, 1.807) is 0 Å². The van der Waals surface area contributed by atoms with Crippen LogP contribution in [0.3, 0.4) is 0 Å². The highest BCUT2D eigenvalue weighted by molar-refractivity contribution is 7.99. The van der Waals surface area contributed by atoms with Crippen molar-refractivity contribution in [2.45, 2.75) is 24.9 Å². The van der Waals surface area contributed by atoms with Gasteiger partial charge in [-0.1, -0.05) is 37.2 Å². The summed E-state index contributed by atoms with van der Waals surface area (Å²) in [7, 11) is 0. The number of H-pyrrole nitrogens is 1. The van der Waals surface area contributed by atoms with Crippen molar-refractivity contribution in [1.29, 1.82) is 0 Å². The van der Waals surface area contributed by atoms with E-state index in [9.17, 15) is 4.79 Å². The number of aromatic nitrogens is 2. The van der Waals surface area contributed by atoms with Gasteiger partial charge in [-0.25, -0.2) is 4.98 Å². The molecular formula is C14H19N5OS2. The molecule has 1 heterocycles. The van der Waals surface area contributed by atoms with Crippen LogP contribution in [0.2, 0.25) is 0 Å². The summed E-state index contributed by atoms with van der Waals surface area (Å²) in [6.45, 7) is 2.90. The first-order chi connectivity index (χ1) is 10.7. The number of nitrogens with zero attached hydrogens (tertiary/aromatic N) is 1. The van der Waals surface area contributed by atoms with Crippen molar-refractivity contribution in [3.8, 4) is 0 Å². The maximum absolute atomic E-state index is 11.7. The molecule has 0 radical (unpaired) electrons. The van der Waals surface area contributed by atoms with E-state index in [0.717, 1.165) is 35.6 Å². The van der Waals surface area contributed by atoms with Gasteiger partial charge in [-0.2, -0.15) is 0 Å². The molecule has 1 aromatic carbocycles. The number of imidazole rings is 1. The zero-order valence-corrected chi connectivity index (χ0v) is 13.9. The maximum atomic E-state index is 11.7. The van der Waals surface area contributed by atoms with Gasteiger partial charge in [0.2, 0.25) is 5.91 Å². The lowest BCUT2D eigenvalue weighted by Gasteiger charge is -2.10. The second kappa shape index (κ2) is 8.60. The number of fused-ring (bicyclic) bond motifs is 1. The van der Waals surface area contributed by atoms with Crippen molar-refractivity contribution in [2.75, 3.05) is 12.3 Å². The number of aromatic amines is 1. The predicted octanol–water partition coefficient (Wildman–Crippen LogP) is 1.95. The second-order valence-corrected chi connectivity index (χ2v) is 6.00. The molecule has 22 heavy (non-hydrogen) atoms. The molecule has 0 aliphatic carbocycles. The van der Waals surface area contributed by atoms with Crippen LogP contribution in [0.5, 0.6) is 0 Å². The predicted molar refractivity (Wildman–Crippen MR) is 93.6 cm³/mol. The first-order valence-corrected chi connectivity index (χ1v) is 8.48. The van der Waals surface area contributed by atoms with E-state index in [2.05, 4.69) is 33.1 Å². The summed E-state index contributed by atoms with van der Waals surface area (Å²) in [5, 5.41) is 4.16. The molecule has 1 aromatic heterocycles. The third kappa shape index (κ3) is 5.19. The molecule has 0 unspecified atom stereocenters. The molecule has 0 fully saturated rings. The molecule has 2 aromatic rings. The van der Waals surface area contributed by atoms with Gasteiger partial charge in [-0.15, -0.1) is 0 Å². The number of hydrogen-bond donors (Lipinski definition) is 4. The number of para-hydroxylation sites is 2. The van der Waals surface area contributed by atoms with Crippen LogP contribution in [0.4, 0.5) is 0 Å². The Balaban J connectivity index is 1.70. The van der Waals surface area contributed by atoms with Crippen molar-refractivity contribution in [3.05, 3.63) is 24.3 Å². The van der Waals surface area contributed by atoms with Crippen LogP contribution in [-0.2, 0) is 4.79 Å². The van der Waals surface area contributed by atoms with E-state index in [1.807, 2.05) is 24.3 Å². The number of carbonyl (C=O) groups excluding carboxylic acids is 1. The minimum absolute atomic E-state index is 0.162. The van der Waals surface area contributed by atoms with E-state index in [0.29, 0.717) is 5.11 Å². The van der Waals surface area contributed by atoms with Crippen LogP contribution in [0.1, 0.15) is 19.8 Å². The number of rotatable bonds is 6. The van der Waals surface area contributed by atoms with Crippen LogP contribution >= 0.6 is 24.0 Å². The number of nitrogens with one attached hydrogen (secondary N) is 4. The number of hydrazine groups is 1. The second-order valence-electron chi connectivity index (χ2n) is 4.63. The molecule has 6 nitrogen and oxygen atoms in total. The third-order valence-electron chi connectivity index (χ3n) is 2.84. The highest BCUT2D eigenvalue weighted by Crippen LogP contribution is 2.18. The fraction of sp³-hybridized carbons (Fsp3) is 0.357. The fourth-order valence-electron chi connectivity index (χ4n) is 1.72. The van der Waals surface area contributed by atoms with Gasteiger partial charge in [0.25, 0.3) is 0 Å². The molecule has 2 rings (SSSR count). The van der Waals surface area contributed by atoms with Crippen molar-refractivity contribution in [3.63, 3.8) is 0 Å². The molecule has 0 atom stereocenters. The zero-order chi connectivity index (χ0) is 15.8. The number of thiocarbonyl (C=S) groups is 1. The van der Waals surface area contributed by atoms with E-state index in [-0.39, 0.29) is 11.7 Å². The summed E-state index contributed by atoms with van der Waals surface area (Å²) in [6, 6.07) is 7.76. The number of amides is 1. The maximum Gasteiger partial charge on any atom is 0.248 e. The Morgan fingerprint density at radius 2 is 2.18 bits per heavy atom. The smallest absolute Gasteiger partial charge is 0.248 e. The van der Waals surface area contributed by atoms with Gasteiger partial charge in [-0.3, -0.25) is 15.6 Å². The van der Waals surface area contributed by atoms with Crippen LogP contribution in [0.25, 0.3) is 11.0 Å². The molecule has 0 aliphatic heterocycles. The van der Waals surface area contributed by atoms with Gasteiger partial charge in [-0.05, 0) is 30.8 Å². The molecule has 118 valence electrons. The van der Waals surface area contributed by atoms with Crippen LogP contribution in [0.15, 0.2) is 29.4 Å². The van der Waals surface area contributed by atoms with Gasteiger partial charge in [0, 0.05) is 6.54 Å². The average Bonchev–Trinajstić information content (AvgIpc) is 2.94. The Morgan fingerprint density at radius 1 is 1.36 bits per heavy atom. The number of thioether (sulfide) groups is 1. The molecule has 1 amide bonds. The largest absolute Gasteiger partial charge is 0.361 e. The Morgan fingerprint density at radius 3 is 2.95 bits per heavy atom. The standard InChI is InChI=1S/C14H19N5OS2/c1-2-3-8-15-13(21)19-18-12(20)9-22-14-16-10-6-4-5-7-11(10)17-14/h4-7H,2-3,8-9H2,1H3,(H,16,17)(H,18,20)(H2,15,19,21). The number of hydrogen-bond acceptors (Lipinski definition) is 4. The first kappa shape index (κ1) is 16.6. The minimum Gasteiger partial charge on any atom is -0.361 e. The summed E-state index contributed by atoms with van der Waals surface area (Å²) in [5.41, 5.74) is 7.10. The molecule has 0 spiro atoms. The van der Waals surface area contributed by atoms with Crippen LogP contribution < -0.4 is 16.2 Å². The lowest BCUT2D eigenvalue weighted by Crippen LogP contribution is -2.47. The monoisotopic (exact) mass is 337 g/mol. The molecule has 8 heteroatoms. The molecule has 0 bridgehead atoms. The van der Waals surface area contributed by atoms with Crippen molar-refractivity contribution in [2.24, 2.45) is 0 Å². The van der Waals surface area contributed by atoms with Crippen LogP contribution in [0, 0.1) is 0 Å². The third-order valence-corrected chi connectivity index (χ3v) is 3.96. The Labute approximate surface area is 138 Å². The molecule has 4 N–H and O–H groups in total. The highest BCUT2D eigenvalue weighted by atomic mass is 32.2. The van der Waals surface area contributed by atoms with Gasteiger partial charge >= 0.3 is 0 Å². The lowest BCUT2D eigenvalue weighted by atomic mass is 10.3. The Hall–Kier alpha value is -1.80. The lowest BCUT2D eigenvalue weighted by molar-refractivity contribution is -0.119. The number of carbonyl (C=O) groups is 1. The minimum atomic E-state index is -0.162. The van der Waals surface area contributed by atoms with E-state index >= 15 is 0 Å². The first-order valence-electron chi connectivity index (χ1n) is 7.09. The molecule has 0 aliphatic rings. The van der Waals surface area contributed by atoms with Gasteiger partial charge < -0.3 is 10.3 Å². The van der Waals surface area contributed by atoms with E-state index in [4.69, 9.17) is 12.2 Å². The van der Waals surface area contributed by atoms with Crippen LogP contribution in [-0.4, -0.2) is 33.3 Å².